The lowest BCUT2D eigenvalue weighted by molar-refractivity contribution is 0.0735. The summed E-state index contributed by atoms with van der Waals surface area (Å²) in [7, 11) is 0. The van der Waals surface area contributed by atoms with Crippen LogP contribution in [-0.4, -0.2) is 18.2 Å². The average Bonchev–Trinajstić information content (AvgIpc) is 2.47. The molecule has 2 aromatic rings. The molecular weight excluding hydrogens is 341 g/mol. The molecule has 0 aliphatic carbocycles. The third kappa shape index (κ3) is 4.98. The highest BCUT2D eigenvalue weighted by Gasteiger charge is 2.13. The van der Waals surface area contributed by atoms with Crippen LogP contribution in [-0.2, 0) is 0 Å². The molecule has 0 spiro atoms. The number of hydrogen-bond donors (Lipinski definition) is 2. The molecule has 0 aliphatic rings. The number of halogens is 2. The van der Waals surface area contributed by atoms with Gasteiger partial charge in [0.25, 0.3) is 0 Å². The van der Waals surface area contributed by atoms with Gasteiger partial charge in [-0.2, -0.15) is 5.10 Å². The zero-order chi connectivity index (χ0) is 16.8. The number of rotatable bonds is 4. The van der Waals surface area contributed by atoms with Crippen molar-refractivity contribution in [1.82, 2.24) is 5.43 Å². The molecular formula is C15H11Cl2N3O3. The standard InChI is InChI=1S/C15H11Cl2N3O3/c16-10-4-5-12(13(17)7-10)14(21)23-11-3-1-2-9(6-11)8-19-20-15(18)22/h1-8H,(H3,18,20,22). The van der Waals surface area contributed by atoms with Crippen molar-refractivity contribution in [1.29, 1.82) is 0 Å². The maximum absolute atomic E-state index is 12.1. The van der Waals surface area contributed by atoms with E-state index in [1.54, 1.807) is 30.3 Å². The van der Waals surface area contributed by atoms with Crippen LogP contribution in [0.2, 0.25) is 10.0 Å². The first-order valence-corrected chi connectivity index (χ1v) is 7.07. The van der Waals surface area contributed by atoms with Crippen LogP contribution in [0.15, 0.2) is 47.6 Å². The van der Waals surface area contributed by atoms with Gasteiger partial charge in [0, 0.05) is 5.02 Å². The van der Waals surface area contributed by atoms with E-state index < -0.39 is 12.0 Å². The normalized spacial score (nSPS) is 10.5. The first-order chi connectivity index (χ1) is 11.0. The monoisotopic (exact) mass is 351 g/mol. The number of carbonyl (C=O) groups is 2. The molecule has 23 heavy (non-hydrogen) atoms. The molecule has 6 nitrogen and oxygen atoms in total. The smallest absolute Gasteiger partial charge is 0.345 e. The molecule has 2 aromatic carbocycles. The van der Waals surface area contributed by atoms with Gasteiger partial charge in [-0.05, 0) is 35.9 Å². The van der Waals surface area contributed by atoms with Crippen LogP contribution >= 0.6 is 23.2 Å². The third-order valence-corrected chi connectivity index (χ3v) is 3.16. The summed E-state index contributed by atoms with van der Waals surface area (Å²) in [5.74, 6) is -0.319. The fraction of sp³-hybridized carbons (Fsp3) is 0. The van der Waals surface area contributed by atoms with Crippen LogP contribution in [0, 0.1) is 0 Å². The summed E-state index contributed by atoms with van der Waals surface area (Å²) in [5, 5.41) is 4.24. The van der Waals surface area contributed by atoms with Gasteiger partial charge >= 0.3 is 12.0 Å². The summed E-state index contributed by atoms with van der Waals surface area (Å²) in [5.41, 5.74) is 7.75. The third-order valence-electron chi connectivity index (χ3n) is 2.61. The number of esters is 1. The number of ether oxygens (including phenoxy) is 1. The average molecular weight is 352 g/mol. The number of hydrazone groups is 1. The number of nitrogens with zero attached hydrogens (tertiary/aromatic N) is 1. The number of benzene rings is 2. The van der Waals surface area contributed by atoms with Gasteiger partial charge in [0.1, 0.15) is 5.75 Å². The summed E-state index contributed by atoms with van der Waals surface area (Å²) in [6, 6.07) is 10.2. The van der Waals surface area contributed by atoms with Gasteiger partial charge in [-0.15, -0.1) is 0 Å². The van der Waals surface area contributed by atoms with Crippen LogP contribution in [0.4, 0.5) is 4.79 Å². The molecule has 0 bridgehead atoms. The van der Waals surface area contributed by atoms with Crippen molar-refractivity contribution in [2.75, 3.05) is 0 Å². The lowest BCUT2D eigenvalue weighted by Gasteiger charge is -2.06. The van der Waals surface area contributed by atoms with Crippen molar-refractivity contribution in [2.45, 2.75) is 0 Å². The van der Waals surface area contributed by atoms with E-state index in [1.807, 2.05) is 0 Å². The van der Waals surface area contributed by atoms with Crippen molar-refractivity contribution in [2.24, 2.45) is 10.8 Å². The molecule has 0 saturated heterocycles. The zero-order valence-corrected chi connectivity index (χ0v) is 13.1. The van der Waals surface area contributed by atoms with E-state index in [9.17, 15) is 9.59 Å². The predicted molar refractivity (Wildman–Crippen MR) is 88.2 cm³/mol. The van der Waals surface area contributed by atoms with Crippen molar-refractivity contribution < 1.29 is 14.3 Å². The topological polar surface area (TPSA) is 93.8 Å². The Balaban J connectivity index is 2.12. The molecule has 0 heterocycles. The second-order valence-corrected chi connectivity index (χ2v) is 5.16. The molecule has 3 N–H and O–H groups in total. The second-order valence-electron chi connectivity index (χ2n) is 4.32. The molecule has 0 atom stereocenters. The Bertz CT molecular complexity index is 778. The van der Waals surface area contributed by atoms with Crippen molar-refractivity contribution >= 4 is 41.4 Å². The molecule has 0 fully saturated rings. The van der Waals surface area contributed by atoms with E-state index in [2.05, 4.69) is 10.5 Å². The fourth-order valence-corrected chi connectivity index (χ4v) is 2.13. The summed E-state index contributed by atoms with van der Waals surface area (Å²) in [6.45, 7) is 0. The first-order valence-electron chi connectivity index (χ1n) is 6.31. The largest absolute Gasteiger partial charge is 0.423 e. The maximum atomic E-state index is 12.1. The molecule has 0 saturated carbocycles. The molecule has 0 radical (unpaired) electrons. The van der Waals surface area contributed by atoms with Gasteiger partial charge in [-0.25, -0.2) is 15.0 Å². The molecule has 118 valence electrons. The number of hydrogen-bond acceptors (Lipinski definition) is 4. The van der Waals surface area contributed by atoms with Gasteiger partial charge in [0.15, 0.2) is 0 Å². The van der Waals surface area contributed by atoms with Gasteiger partial charge in [-0.3, -0.25) is 0 Å². The minimum Gasteiger partial charge on any atom is -0.423 e. The van der Waals surface area contributed by atoms with Crippen molar-refractivity contribution in [3.8, 4) is 5.75 Å². The van der Waals surface area contributed by atoms with E-state index in [0.29, 0.717) is 16.3 Å². The van der Waals surface area contributed by atoms with E-state index in [-0.39, 0.29) is 10.6 Å². The number of amides is 2. The summed E-state index contributed by atoms with van der Waals surface area (Å²) in [4.78, 5) is 22.6. The minimum atomic E-state index is -0.777. The maximum Gasteiger partial charge on any atom is 0.345 e. The van der Waals surface area contributed by atoms with E-state index in [0.717, 1.165) is 0 Å². The van der Waals surface area contributed by atoms with Gasteiger partial charge in [0.2, 0.25) is 0 Å². The Morgan fingerprint density at radius 1 is 1.17 bits per heavy atom. The second kappa shape index (κ2) is 7.62. The predicted octanol–water partition coefficient (Wildman–Crippen LogP) is 3.21. The lowest BCUT2D eigenvalue weighted by atomic mass is 10.2. The van der Waals surface area contributed by atoms with Crippen LogP contribution in [0.1, 0.15) is 15.9 Å². The number of nitrogens with two attached hydrogens (primary N) is 1. The number of primary amides is 1. The molecule has 0 aromatic heterocycles. The van der Waals surface area contributed by atoms with E-state index in [4.69, 9.17) is 33.7 Å². The van der Waals surface area contributed by atoms with Gasteiger partial charge < -0.3 is 10.5 Å². The Kier molecular flexibility index (Phi) is 5.56. The molecule has 2 amide bonds. The van der Waals surface area contributed by atoms with Crippen LogP contribution in [0.25, 0.3) is 0 Å². The van der Waals surface area contributed by atoms with Crippen molar-refractivity contribution in [3.05, 3.63) is 63.6 Å². The molecule has 8 heteroatoms. The van der Waals surface area contributed by atoms with Gasteiger partial charge in [0.05, 0.1) is 16.8 Å². The minimum absolute atomic E-state index is 0.200. The van der Waals surface area contributed by atoms with Crippen molar-refractivity contribution in [3.63, 3.8) is 0 Å². The van der Waals surface area contributed by atoms with E-state index in [1.165, 1.54) is 18.3 Å². The molecule has 2 rings (SSSR count). The number of urea groups is 1. The Hall–Kier alpha value is -2.57. The fourth-order valence-electron chi connectivity index (χ4n) is 1.65. The van der Waals surface area contributed by atoms with Gasteiger partial charge in [-0.1, -0.05) is 35.3 Å². The summed E-state index contributed by atoms with van der Waals surface area (Å²) >= 11 is 11.7. The Morgan fingerprint density at radius 3 is 2.65 bits per heavy atom. The molecule has 0 unspecified atom stereocenters. The number of nitrogens with one attached hydrogen (secondary N) is 1. The highest BCUT2D eigenvalue weighted by atomic mass is 35.5. The summed E-state index contributed by atoms with van der Waals surface area (Å²) in [6.07, 6.45) is 1.36. The highest BCUT2D eigenvalue weighted by Crippen LogP contribution is 2.23. The van der Waals surface area contributed by atoms with E-state index >= 15 is 0 Å². The Labute approximate surface area is 141 Å². The highest BCUT2D eigenvalue weighted by molar-refractivity contribution is 6.36. The van der Waals surface area contributed by atoms with Crippen LogP contribution < -0.4 is 15.9 Å². The van der Waals surface area contributed by atoms with Crippen LogP contribution in [0.5, 0.6) is 5.75 Å². The van der Waals surface area contributed by atoms with Crippen LogP contribution in [0.3, 0.4) is 0 Å². The quantitative estimate of drug-likeness (QED) is 0.383. The summed E-state index contributed by atoms with van der Waals surface area (Å²) < 4.78 is 5.25. The Morgan fingerprint density at radius 2 is 1.96 bits per heavy atom. The first kappa shape index (κ1) is 16.8. The molecule has 0 aliphatic heterocycles. The SMILES string of the molecule is NC(=O)NN=Cc1cccc(OC(=O)c2ccc(Cl)cc2Cl)c1. The number of carbonyl (C=O) groups excluding carboxylic acids is 2. The zero-order valence-electron chi connectivity index (χ0n) is 11.6. The lowest BCUT2D eigenvalue weighted by Crippen LogP contribution is -2.24.